The fraction of sp³-hybridized carbons (Fsp3) is 0.182. The quantitative estimate of drug-likeness (QED) is 0.658. The second-order valence-corrected chi connectivity index (χ2v) is 6.57. The molecule has 0 amide bonds. The van der Waals surface area contributed by atoms with Crippen molar-refractivity contribution in [2.45, 2.75) is 13.8 Å². The van der Waals surface area contributed by atoms with Gasteiger partial charge in [0.1, 0.15) is 14.0 Å². The Kier molecular flexibility index (Phi) is 3.70. The molecule has 1 nitrogen and oxygen atoms in total. The maximum atomic E-state index is 6.04. The first-order valence-corrected chi connectivity index (χ1v) is 7.54. The van der Waals surface area contributed by atoms with Gasteiger partial charge in [0.05, 0.1) is 5.69 Å². The van der Waals surface area contributed by atoms with E-state index in [1.807, 2.05) is 19.1 Å². The summed E-state index contributed by atoms with van der Waals surface area (Å²) < 4.78 is 1.39. The minimum Gasteiger partial charge on any atom is -0.235 e. The van der Waals surface area contributed by atoms with Crippen LogP contribution in [0.2, 0.25) is 9.36 Å². The number of aryl methyl sites for hydroxylation is 2. The third kappa shape index (κ3) is 2.48. The summed E-state index contributed by atoms with van der Waals surface area (Å²) in [6, 6.07) is 6.14. The molecule has 5 heteroatoms. The van der Waals surface area contributed by atoms with Crippen molar-refractivity contribution in [1.82, 2.24) is 0 Å². The number of halogens is 2. The average molecular weight is 290 g/mol. The van der Waals surface area contributed by atoms with Crippen LogP contribution in [0.4, 0.5) is 5.69 Å². The summed E-state index contributed by atoms with van der Waals surface area (Å²) in [6.45, 7) is 4.10. The Morgan fingerprint density at radius 3 is 2.44 bits per heavy atom. The van der Waals surface area contributed by atoms with Crippen LogP contribution in [0.25, 0.3) is 0 Å². The van der Waals surface area contributed by atoms with E-state index in [9.17, 15) is 0 Å². The summed E-state index contributed by atoms with van der Waals surface area (Å²) in [5.41, 5.74) is 3.32. The Hall–Kier alpha value is -0.350. The van der Waals surface area contributed by atoms with Crippen LogP contribution in [0.3, 0.4) is 0 Å². The molecule has 1 heterocycles. The van der Waals surface area contributed by atoms with Crippen LogP contribution in [0.5, 0.6) is 0 Å². The van der Waals surface area contributed by atoms with Gasteiger partial charge >= 0.3 is 0 Å². The van der Waals surface area contributed by atoms with Crippen LogP contribution in [0.15, 0.2) is 23.2 Å². The van der Waals surface area contributed by atoms with Crippen LogP contribution in [-0.4, -0.2) is 0 Å². The number of benzene rings is 1. The highest BCUT2D eigenvalue weighted by molar-refractivity contribution is 7.69. The van der Waals surface area contributed by atoms with Crippen LogP contribution in [-0.2, 0) is 0 Å². The number of rotatable bonds is 1. The Labute approximate surface area is 111 Å². The van der Waals surface area contributed by atoms with E-state index in [1.165, 1.54) is 26.2 Å². The molecule has 0 saturated carbocycles. The van der Waals surface area contributed by atoms with Crippen LogP contribution >= 0.6 is 43.9 Å². The molecule has 2 rings (SSSR count). The number of hydrogen-bond donors (Lipinski definition) is 0. The standard InChI is InChI=1S/C11H9Cl2NS2/c1-6-3-4-8(7(2)5-6)14-11-9(12)10(13)15-16-11/h3-5H,1-2H3. The Balaban J connectivity index is 2.55. The van der Waals surface area contributed by atoms with E-state index in [-0.39, 0.29) is 0 Å². The maximum absolute atomic E-state index is 6.04. The topological polar surface area (TPSA) is 12.4 Å². The van der Waals surface area contributed by atoms with Crippen molar-refractivity contribution < 1.29 is 0 Å². The van der Waals surface area contributed by atoms with Gasteiger partial charge in [-0.15, -0.1) is 0 Å². The Bertz CT molecular complexity index is 584. The van der Waals surface area contributed by atoms with Gasteiger partial charge in [-0.25, -0.2) is 4.99 Å². The summed E-state index contributed by atoms with van der Waals surface area (Å²) in [7, 11) is 2.94. The molecule has 0 unspecified atom stereocenters. The van der Waals surface area contributed by atoms with Gasteiger partial charge in [-0.1, -0.05) is 61.6 Å². The van der Waals surface area contributed by atoms with Gasteiger partial charge in [-0.2, -0.15) is 0 Å². The molecular formula is C11H9Cl2NS2. The molecule has 0 saturated heterocycles. The molecule has 0 N–H and O–H groups in total. The highest BCUT2D eigenvalue weighted by Gasteiger charge is 2.04. The third-order valence-electron chi connectivity index (χ3n) is 2.13. The van der Waals surface area contributed by atoms with Crippen molar-refractivity contribution in [3.05, 3.63) is 43.4 Å². The molecule has 0 atom stereocenters. The zero-order valence-corrected chi connectivity index (χ0v) is 11.9. The van der Waals surface area contributed by atoms with Crippen molar-refractivity contribution in [2.24, 2.45) is 4.99 Å². The van der Waals surface area contributed by atoms with E-state index < -0.39 is 0 Å². The highest BCUT2D eigenvalue weighted by atomic mass is 35.5. The van der Waals surface area contributed by atoms with Crippen molar-refractivity contribution in [3.8, 4) is 0 Å². The average Bonchev–Trinajstić information content (AvgIpc) is 2.54. The van der Waals surface area contributed by atoms with E-state index in [2.05, 4.69) is 18.0 Å². The largest absolute Gasteiger partial charge is 0.235 e. The molecule has 1 aromatic heterocycles. The molecule has 0 aliphatic carbocycles. The summed E-state index contributed by atoms with van der Waals surface area (Å²) in [5, 5.41) is 0.552. The summed E-state index contributed by atoms with van der Waals surface area (Å²) in [4.78, 5) is 4.51. The van der Waals surface area contributed by atoms with Gasteiger partial charge < -0.3 is 0 Å². The molecular weight excluding hydrogens is 281 g/mol. The second kappa shape index (κ2) is 4.88. The maximum Gasteiger partial charge on any atom is 0.147 e. The van der Waals surface area contributed by atoms with Gasteiger partial charge in [0.25, 0.3) is 0 Å². The lowest BCUT2D eigenvalue weighted by atomic mass is 10.1. The molecule has 2 aromatic rings. The van der Waals surface area contributed by atoms with Crippen molar-refractivity contribution in [1.29, 1.82) is 0 Å². The second-order valence-electron chi connectivity index (χ2n) is 3.46. The van der Waals surface area contributed by atoms with E-state index in [0.29, 0.717) is 9.36 Å². The van der Waals surface area contributed by atoms with E-state index in [4.69, 9.17) is 23.2 Å². The van der Waals surface area contributed by atoms with Crippen molar-refractivity contribution >= 4 is 49.6 Å². The molecule has 0 spiro atoms. The first-order valence-electron chi connectivity index (χ1n) is 4.64. The SMILES string of the molecule is Cc1ccc(N=c2ssc(Cl)c2Cl)c(C)c1. The van der Waals surface area contributed by atoms with Crippen LogP contribution in [0, 0.1) is 13.8 Å². The lowest BCUT2D eigenvalue weighted by molar-refractivity contribution is 1.31. The third-order valence-corrected chi connectivity index (χ3v) is 5.62. The first-order chi connectivity index (χ1) is 7.58. The summed E-state index contributed by atoms with van der Waals surface area (Å²) >= 11 is 11.9. The van der Waals surface area contributed by atoms with Crippen LogP contribution in [0.1, 0.15) is 11.1 Å². The van der Waals surface area contributed by atoms with E-state index >= 15 is 0 Å². The predicted molar refractivity (Wildman–Crippen MR) is 73.4 cm³/mol. The molecule has 0 aliphatic rings. The molecule has 0 bridgehead atoms. The molecule has 0 fully saturated rings. The van der Waals surface area contributed by atoms with Gasteiger partial charge in [-0.05, 0) is 25.5 Å². The number of nitrogens with zero attached hydrogens (tertiary/aromatic N) is 1. The summed E-state index contributed by atoms with van der Waals surface area (Å²) in [6.07, 6.45) is 0. The lowest BCUT2D eigenvalue weighted by Gasteiger charge is -2.00. The van der Waals surface area contributed by atoms with Gasteiger partial charge in [0, 0.05) is 0 Å². The summed E-state index contributed by atoms with van der Waals surface area (Å²) in [5.74, 6) is 0. The molecule has 16 heavy (non-hydrogen) atoms. The molecule has 0 aliphatic heterocycles. The first kappa shape index (κ1) is 12.1. The Morgan fingerprint density at radius 1 is 1.12 bits per heavy atom. The monoisotopic (exact) mass is 289 g/mol. The number of hydrogen-bond acceptors (Lipinski definition) is 3. The molecule has 84 valence electrons. The van der Waals surface area contributed by atoms with Gasteiger partial charge in [-0.3, -0.25) is 0 Å². The molecule has 1 aromatic carbocycles. The van der Waals surface area contributed by atoms with Crippen molar-refractivity contribution in [3.63, 3.8) is 0 Å². The van der Waals surface area contributed by atoms with Crippen LogP contribution < -0.4 is 4.67 Å². The Morgan fingerprint density at radius 2 is 1.88 bits per heavy atom. The minimum absolute atomic E-state index is 0.552. The van der Waals surface area contributed by atoms with E-state index in [0.717, 1.165) is 15.9 Å². The lowest BCUT2D eigenvalue weighted by Crippen LogP contribution is -1.92. The smallest absolute Gasteiger partial charge is 0.147 e. The molecule has 0 radical (unpaired) electrons. The predicted octanol–water partition coefficient (Wildman–Crippen LogP) is 4.97. The van der Waals surface area contributed by atoms with Gasteiger partial charge in [0.15, 0.2) is 0 Å². The fourth-order valence-corrected chi connectivity index (χ4v) is 4.08. The zero-order chi connectivity index (χ0) is 11.7. The highest BCUT2D eigenvalue weighted by Crippen LogP contribution is 2.28. The van der Waals surface area contributed by atoms with Crippen molar-refractivity contribution in [2.75, 3.05) is 0 Å². The zero-order valence-electron chi connectivity index (χ0n) is 8.75. The van der Waals surface area contributed by atoms with E-state index in [1.54, 1.807) is 0 Å². The normalized spacial score (nSPS) is 12.1. The van der Waals surface area contributed by atoms with Gasteiger partial charge in [0.2, 0.25) is 0 Å². The fourth-order valence-electron chi connectivity index (χ4n) is 1.34. The minimum atomic E-state index is 0.552.